The van der Waals surface area contributed by atoms with E-state index in [1.165, 1.54) is 11.3 Å². The van der Waals surface area contributed by atoms with Crippen molar-refractivity contribution in [2.45, 2.75) is 38.9 Å². The van der Waals surface area contributed by atoms with Crippen molar-refractivity contribution in [3.8, 4) is 16.2 Å². The Hall–Kier alpha value is -2.12. The zero-order valence-corrected chi connectivity index (χ0v) is 13.9. The molecule has 0 aromatic carbocycles. The second kappa shape index (κ2) is 4.69. The molecule has 1 aliphatic heterocycles. The Labute approximate surface area is 136 Å². The SMILES string of the molecule is C[C@@H]1Cc2c(C(C)(C)O)[nH]c(=O)c3sc(-c4cn[nH]c4)c(c23)O1. The number of ether oxygens (including phenoxy) is 1. The average Bonchev–Trinajstić information content (AvgIpc) is 3.08. The molecule has 1 aliphatic rings. The van der Waals surface area contributed by atoms with Crippen molar-refractivity contribution in [3.63, 3.8) is 0 Å². The molecule has 120 valence electrons. The maximum Gasteiger partial charge on any atom is 0.266 e. The molecule has 0 bridgehead atoms. The number of aromatic amines is 2. The van der Waals surface area contributed by atoms with Crippen LogP contribution in [0.25, 0.3) is 20.5 Å². The van der Waals surface area contributed by atoms with Crippen LogP contribution in [-0.2, 0) is 12.0 Å². The van der Waals surface area contributed by atoms with Crippen molar-refractivity contribution < 1.29 is 9.84 Å². The van der Waals surface area contributed by atoms with E-state index in [2.05, 4.69) is 15.2 Å². The van der Waals surface area contributed by atoms with Gasteiger partial charge in [-0.15, -0.1) is 11.3 Å². The highest BCUT2D eigenvalue weighted by molar-refractivity contribution is 7.22. The van der Waals surface area contributed by atoms with Crippen molar-refractivity contribution in [1.29, 1.82) is 0 Å². The molecule has 3 aromatic rings. The molecule has 4 rings (SSSR count). The highest BCUT2D eigenvalue weighted by Gasteiger charge is 2.32. The molecule has 0 radical (unpaired) electrons. The predicted octanol–water partition coefficient (Wildman–Crippen LogP) is 2.53. The van der Waals surface area contributed by atoms with Crippen LogP contribution in [0.1, 0.15) is 32.0 Å². The molecular formula is C16H17N3O3S. The quantitative estimate of drug-likeness (QED) is 0.673. The third-order valence-electron chi connectivity index (χ3n) is 4.10. The fourth-order valence-electron chi connectivity index (χ4n) is 3.15. The number of hydrogen-bond donors (Lipinski definition) is 3. The number of aromatic nitrogens is 3. The van der Waals surface area contributed by atoms with Gasteiger partial charge in [-0.3, -0.25) is 9.89 Å². The van der Waals surface area contributed by atoms with E-state index in [9.17, 15) is 9.90 Å². The zero-order chi connectivity index (χ0) is 16.4. The van der Waals surface area contributed by atoms with E-state index in [1.807, 2.05) is 6.92 Å². The van der Waals surface area contributed by atoms with Crippen LogP contribution in [0.3, 0.4) is 0 Å². The van der Waals surface area contributed by atoms with Crippen LogP contribution < -0.4 is 10.3 Å². The number of pyridine rings is 1. The summed E-state index contributed by atoms with van der Waals surface area (Å²) >= 11 is 1.40. The first-order valence-corrected chi connectivity index (χ1v) is 8.28. The maximum absolute atomic E-state index is 12.5. The summed E-state index contributed by atoms with van der Waals surface area (Å²) in [6, 6.07) is 0. The highest BCUT2D eigenvalue weighted by Crippen LogP contribution is 2.48. The zero-order valence-electron chi connectivity index (χ0n) is 13.1. The molecule has 3 N–H and O–H groups in total. The lowest BCUT2D eigenvalue weighted by Gasteiger charge is -2.27. The first-order valence-electron chi connectivity index (χ1n) is 7.46. The van der Waals surface area contributed by atoms with Gasteiger partial charge in [-0.1, -0.05) is 0 Å². The summed E-state index contributed by atoms with van der Waals surface area (Å²) in [4.78, 5) is 16.3. The minimum Gasteiger partial charge on any atom is -0.488 e. The highest BCUT2D eigenvalue weighted by atomic mass is 32.1. The molecule has 6 nitrogen and oxygen atoms in total. The van der Waals surface area contributed by atoms with Crippen LogP contribution in [0.5, 0.6) is 5.75 Å². The number of rotatable bonds is 2. The first-order chi connectivity index (χ1) is 10.9. The Balaban J connectivity index is 2.13. The van der Waals surface area contributed by atoms with E-state index < -0.39 is 5.60 Å². The summed E-state index contributed by atoms with van der Waals surface area (Å²) in [5, 5.41) is 18.1. The second-order valence-electron chi connectivity index (χ2n) is 6.45. The normalized spacial score (nSPS) is 17.5. The molecule has 3 aromatic heterocycles. The minimum absolute atomic E-state index is 0.0297. The monoisotopic (exact) mass is 331 g/mol. The topological polar surface area (TPSA) is 91.0 Å². The van der Waals surface area contributed by atoms with Gasteiger partial charge in [0.25, 0.3) is 5.56 Å². The van der Waals surface area contributed by atoms with Crippen molar-refractivity contribution in [2.75, 3.05) is 0 Å². The molecule has 0 saturated heterocycles. The first kappa shape index (κ1) is 14.5. The summed E-state index contributed by atoms with van der Waals surface area (Å²) in [6.07, 6.45) is 4.13. The summed E-state index contributed by atoms with van der Waals surface area (Å²) in [5.74, 6) is 0.719. The second-order valence-corrected chi connectivity index (χ2v) is 7.47. The van der Waals surface area contributed by atoms with E-state index in [0.29, 0.717) is 16.8 Å². The number of nitrogens with zero attached hydrogens (tertiary/aromatic N) is 1. The average molecular weight is 331 g/mol. The van der Waals surface area contributed by atoms with Crippen molar-refractivity contribution >= 4 is 21.4 Å². The Bertz CT molecular complexity index is 948. The molecular weight excluding hydrogens is 314 g/mol. The Kier molecular flexibility index (Phi) is 2.95. The molecule has 0 spiro atoms. The van der Waals surface area contributed by atoms with Crippen molar-refractivity contribution in [2.24, 2.45) is 0 Å². The van der Waals surface area contributed by atoms with Gasteiger partial charge in [0.15, 0.2) is 0 Å². The fourth-order valence-corrected chi connectivity index (χ4v) is 4.29. The number of hydrogen-bond acceptors (Lipinski definition) is 5. The van der Waals surface area contributed by atoms with Gasteiger partial charge < -0.3 is 14.8 Å². The number of H-pyrrole nitrogens is 2. The van der Waals surface area contributed by atoms with Gasteiger partial charge in [0.2, 0.25) is 0 Å². The molecule has 4 heterocycles. The molecule has 0 unspecified atom stereocenters. The molecule has 0 saturated carbocycles. The van der Waals surface area contributed by atoms with Gasteiger partial charge >= 0.3 is 0 Å². The largest absolute Gasteiger partial charge is 0.488 e. The van der Waals surface area contributed by atoms with E-state index in [1.54, 1.807) is 26.2 Å². The van der Waals surface area contributed by atoms with Gasteiger partial charge in [-0.25, -0.2) is 0 Å². The Morgan fingerprint density at radius 2 is 2.26 bits per heavy atom. The van der Waals surface area contributed by atoms with Crippen LogP contribution in [-0.4, -0.2) is 26.4 Å². The third-order valence-corrected chi connectivity index (χ3v) is 5.31. The van der Waals surface area contributed by atoms with E-state index in [4.69, 9.17) is 4.74 Å². The van der Waals surface area contributed by atoms with Crippen molar-refractivity contribution in [1.82, 2.24) is 15.2 Å². The lowest BCUT2D eigenvalue weighted by Crippen LogP contribution is -2.29. The van der Waals surface area contributed by atoms with Crippen molar-refractivity contribution in [3.05, 3.63) is 34.0 Å². The van der Waals surface area contributed by atoms with Crippen LogP contribution in [0.2, 0.25) is 0 Å². The van der Waals surface area contributed by atoms with E-state index in [-0.39, 0.29) is 11.7 Å². The third kappa shape index (κ3) is 2.11. The minimum atomic E-state index is -1.12. The maximum atomic E-state index is 12.5. The molecule has 0 aliphatic carbocycles. The van der Waals surface area contributed by atoms with Gasteiger partial charge in [-0.2, -0.15) is 5.10 Å². The predicted molar refractivity (Wildman–Crippen MR) is 89.1 cm³/mol. The van der Waals surface area contributed by atoms with Crippen LogP contribution in [0.4, 0.5) is 0 Å². The van der Waals surface area contributed by atoms with Gasteiger partial charge in [0.05, 0.1) is 22.4 Å². The number of thiophene rings is 1. The fraction of sp³-hybridized carbons (Fsp3) is 0.375. The van der Waals surface area contributed by atoms with E-state index in [0.717, 1.165) is 27.1 Å². The van der Waals surface area contributed by atoms with Gasteiger partial charge in [0.1, 0.15) is 16.6 Å². The van der Waals surface area contributed by atoms with Gasteiger partial charge in [-0.05, 0) is 26.3 Å². The summed E-state index contributed by atoms with van der Waals surface area (Å²) in [6.45, 7) is 5.36. The molecule has 0 amide bonds. The number of nitrogens with one attached hydrogen (secondary N) is 2. The standard InChI is InChI=1S/C16H17N3O3S/c1-7-4-9-10-11(22-7)12(8-5-17-18-6-8)23-13(10)15(20)19-14(9)16(2,3)21/h5-7,21H,4H2,1-3H3,(H,17,18)(H,19,20)/t7-/m1/s1. The molecule has 1 atom stereocenters. The van der Waals surface area contributed by atoms with Crippen LogP contribution in [0.15, 0.2) is 17.2 Å². The number of aliphatic hydroxyl groups is 1. The van der Waals surface area contributed by atoms with E-state index >= 15 is 0 Å². The van der Waals surface area contributed by atoms with Crippen LogP contribution in [0, 0.1) is 0 Å². The molecule has 0 fully saturated rings. The molecule has 23 heavy (non-hydrogen) atoms. The summed E-state index contributed by atoms with van der Waals surface area (Å²) in [7, 11) is 0. The van der Waals surface area contributed by atoms with Gasteiger partial charge in [0, 0.05) is 23.6 Å². The lowest BCUT2D eigenvalue weighted by molar-refractivity contribution is 0.0718. The van der Waals surface area contributed by atoms with Crippen LogP contribution >= 0.6 is 11.3 Å². The Morgan fingerprint density at radius 1 is 1.48 bits per heavy atom. The summed E-state index contributed by atoms with van der Waals surface area (Å²) < 4.78 is 6.69. The molecule has 7 heteroatoms. The lowest BCUT2D eigenvalue weighted by atomic mass is 9.91. The Morgan fingerprint density at radius 3 is 2.91 bits per heavy atom. The summed E-state index contributed by atoms with van der Waals surface area (Å²) in [5.41, 5.74) is 1.12. The smallest absolute Gasteiger partial charge is 0.266 e.